The first kappa shape index (κ1) is 12.7. The number of hydrogen-bond donors (Lipinski definition) is 0. The van der Waals surface area contributed by atoms with Gasteiger partial charge < -0.3 is 0 Å². The Morgan fingerprint density at radius 3 is 2.82 bits per heavy atom. The molecular formula is C11H16N2O2S2. The van der Waals surface area contributed by atoms with Crippen molar-refractivity contribution in [2.75, 3.05) is 19.3 Å². The summed E-state index contributed by atoms with van der Waals surface area (Å²) < 4.78 is 25.9. The number of nitrogens with zero attached hydrogens (tertiary/aromatic N) is 2. The van der Waals surface area contributed by atoms with E-state index in [0.717, 1.165) is 0 Å². The zero-order chi connectivity index (χ0) is 12.5. The Balaban J connectivity index is 2.34. The van der Waals surface area contributed by atoms with Gasteiger partial charge in [-0.3, -0.25) is 4.99 Å². The van der Waals surface area contributed by atoms with Crippen LogP contribution in [0.3, 0.4) is 0 Å². The van der Waals surface area contributed by atoms with E-state index in [-0.39, 0.29) is 0 Å². The first-order chi connectivity index (χ1) is 8.01. The monoisotopic (exact) mass is 272 g/mol. The summed E-state index contributed by atoms with van der Waals surface area (Å²) >= 11 is 1.38. The van der Waals surface area contributed by atoms with Gasteiger partial charge in [-0.05, 0) is 19.6 Å². The quantitative estimate of drug-likeness (QED) is 0.767. The van der Waals surface area contributed by atoms with Crippen molar-refractivity contribution < 1.29 is 8.42 Å². The van der Waals surface area contributed by atoms with E-state index < -0.39 is 14.8 Å². The van der Waals surface area contributed by atoms with Crippen molar-refractivity contribution in [1.29, 1.82) is 0 Å². The normalized spacial score (nSPS) is 28.6. The molecule has 1 heterocycles. The maximum atomic E-state index is 12.6. The van der Waals surface area contributed by atoms with Crippen molar-refractivity contribution in [3.8, 4) is 0 Å². The van der Waals surface area contributed by atoms with E-state index in [9.17, 15) is 8.42 Å². The van der Waals surface area contributed by atoms with Crippen LogP contribution in [0.2, 0.25) is 0 Å². The standard InChI is InChI=1S/C11H16N2O2S2/c1-11(6-4-3-5-7-11)17(14,15)13-9-8-12-10(13)16-2/h3-6H,7-9H2,1-2H3. The molecule has 1 atom stereocenters. The minimum absolute atomic E-state index is 0.464. The molecule has 0 saturated heterocycles. The van der Waals surface area contributed by atoms with Crippen LogP contribution in [0.5, 0.6) is 0 Å². The van der Waals surface area contributed by atoms with E-state index in [0.29, 0.717) is 24.7 Å². The van der Waals surface area contributed by atoms with Crippen LogP contribution in [0.25, 0.3) is 0 Å². The molecule has 1 unspecified atom stereocenters. The Hall–Kier alpha value is -0.750. The number of sulfonamides is 1. The Morgan fingerprint density at radius 2 is 2.24 bits per heavy atom. The third-order valence-electron chi connectivity index (χ3n) is 3.04. The van der Waals surface area contributed by atoms with Gasteiger partial charge in [0.05, 0.1) is 13.1 Å². The van der Waals surface area contributed by atoms with E-state index >= 15 is 0 Å². The lowest BCUT2D eigenvalue weighted by Gasteiger charge is -2.32. The molecule has 0 saturated carbocycles. The molecule has 1 aliphatic carbocycles. The molecule has 0 radical (unpaired) electrons. The smallest absolute Gasteiger partial charge is 0.246 e. The molecule has 0 aromatic carbocycles. The van der Waals surface area contributed by atoms with E-state index in [1.807, 2.05) is 18.4 Å². The van der Waals surface area contributed by atoms with Crippen LogP contribution < -0.4 is 0 Å². The molecule has 17 heavy (non-hydrogen) atoms. The highest BCUT2D eigenvalue weighted by Gasteiger charge is 2.43. The number of thioether (sulfide) groups is 1. The average molecular weight is 272 g/mol. The highest BCUT2D eigenvalue weighted by Crippen LogP contribution is 2.32. The molecule has 1 aliphatic heterocycles. The van der Waals surface area contributed by atoms with Gasteiger partial charge in [0.1, 0.15) is 4.75 Å². The SMILES string of the molecule is CSC1=NCCN1S(=O)(=O)C1(C)C=CC=CC1. The maximum absolute atomic E-state index is 12.6. The van der Waals surface area contributed by atoms with Crippen LogP contribution in [-0.4, -0.2) is 42.0 Å². The van der Waals surface area contributed by atoms with E-state index in [2.05, 4.69) is 4.99 Å². The molecule has 0 bridgehead atoms. The molecule has 2 rings (SSSR count). The summed E-state index contributed by atoms with van der Waals surface area (Å²) in [5, 5.41) is 0.606. The third-order valence-corrected chi connectivity index (χ3v) is 6.29. The second kappa shape index (κ2) is 4.49. The molecule has 0 amide bonds. The largest absolute Gasteiger partial charge is 0.260 e. The third kappa shape index (κ3) is 2.04. The number of aliphatic imine (C=N–C) groups is 1. The first-order valence-corrected chi connectivity index (χ1v) is 8.13. The van der Waals surface area contributed by atoms with Gasteiger partial charge >= 0.3 is 0 Å². The van der Waals surface area contributed by atoms with E-state index in [1.165, 1.54) is 16.1 Å². The summed E-state index contributed by atoms with van der Waals surface area (Å²) in [5.74, 6) is 0. The fraction of sp³-hybridized carbons (Fsp3) is 0.545. The van der Waals surface area contributed by atoms with Gasteiger partial charge in [0.25, 0.3) is 0 Å². The summed E-state index contributed by atoms with van der Waals surface area (Å²) in [6.45, 7) is 2.79. The fourth-order valence-electron chi connectivity index (χ4n) is 1.95. The molecular weight excluding hydrogens is 256 g/mol. The van der Waals surface area contributed by atoms with Crippen molar-refractivity contribution in [3.05, 3.63) is 24.3 Å². The second-order valence-corrected chi connectivity index (χ2v) is 7.35. The van der Waals surface area contributed by atoms with Crippen molar-refractivity contribution >= 4 is 27.0 Å². The molecule has 6 heteroatoms. The van der Waals surface area contributed by atoms with Gasteiger partial charge in [-0.1, -0.05) is 36.1 Å². The number of hydrogen-bond acceptors (Lipinski definition) is 4. The van der Waals surface area contributed by atoms with Crippen molar-refractivity contribution in [2.24, 2.45) is 4.99 Å². The van der Waals surface area contributed by atoms with Crippen LogP contribution in [-0.2, 0) is 10.0 Å². The lowest BCUT2D eigenvalue weighted by molar-refractivity contribution is 0.507. The van der Waals surface area contributed by atoms with Gasteiger partial charge in [0, 0.05) is 0 Å². The van der Waals surface area contributed by atoms with E-state index in [4.69, 9.17) is 0 Å². The Morgan fingerprint density at radius 1 is 1.47 bits per heavy atom. The lowest BCUT2D eigenvalue weighted by Crippen LogP contribution is -2.46. The first-order valence-electron chi connectivity index (χ1n) is 5.46. The van der Waals surface area contributed by atoms with Crippen LogP contribution in [0.1, 0.15) is 13.3 Å². The predicted octanol–water partition coefficient (Wildman–Crippen LogP) is 1.63. The van der Waals surface area contributed by atoms with Gasteiger partial charge in [0.15, 0.2) is 5.17 Å². The molecule has 4 nitrogen and oxygen atoms in total. The summed E-state index contributed by atoms with van der Waals surface area (Å²) in [6.07, 6.45) is 9.70. The predicted molar refractivity (Wildman–Crippen MR) is 72.7 cm³/mol. The van der Waals surface area contributed by atoms with Gasteiger partial charge in [-0.25, -0.2) is 12.7 Å². The van der Waals surface area contributed by atoms with Gasteiger partial charge in [-0.15, -0.1) is 0 Å². The van der Waals surface area contributed by atoms with Gasteiger partial charge in [-0.2, -0.15) is 0 Å². The van der Waals surface area contributed by atoms with Crippen LogP contribution >= 0.6 is 11.8 Å². The lowest BCUT2D eigenvalue weighted by atomic mass is 10.0. The zero-order valence-corrected chi connectivity index (χ0v) is 11.6. The number of allylic oxidation sites excluding steroid dienone is 3. The molecule has 2 aliphatic rings. The van der Waals surface area contributed by atoms with Crippen molar-refractivity contribution in [2.45, 2.75) is 18.1 Å². The minimum Gasteiger partial charge on any atom is -0.260 e. The average Bonchev–Trinajstić information content (AvgIpc) is 2.78. The summed E-state index contributed by atoms with van der Waals surface area (Å²) in [6, 6.07) is 0. The summed E-state index contributed by atoms with van der Waals surface area (Å²) in [7, 11) is -3.38. The topological polar surface area (TPSA) is 49.7 Å². The van der Waals surface area contributed by atoms with Crippen LogP contribution in [0.15, 0.2) is 29.3 Å². The summed E-state index contributed by atoms with van der Waals surface area (Å²) in [4.78, 5) is 4.21. The van der Waals surface area contributed by atoms with Crippen LogP contribution in [0, 0.1) is 0 Å². The molecule has 0 spiro atoms. The molecule has 0 fully saturated rings. The maximum Gasteiger partial charge on any atom is 0.246 e. The van der Waals surface area contributed by atoms with E-state index in [1.54, 1.807) is 19.1 Å². The summed E-state index contributed by atoms with van der Waals surface area (Å²) in [5.41, 5.74) is 0. The Kier molecular flexibility index (Phi) is 3.36. The molecule has 0 N–H and O–H groups in total. The number of amidine groups is 1. The van der Waals surface area contributed by atoms with Crippen molar-refractivity contribution in [1.82, 2.24) is 4.31 Å². The van der Waals surface area contributed by atoms with Crippen LogP contribution in [0.4, 0.5) is 0 Å². The zero-order valence-electron chi connectivity index (χ0n) is 9.96. The minimum atomic E-state index is -3.38. The molecule has 0 aromatic heterocycles. The molecule has 94 valence electrons. The molecule has 0 aromatic rings. The Labute approximate surface area is 107 Å². The highest BCUT2D eigenvalue weighted by atomic mass is 32.2. The number of rotatable bonds is 2. The fourth-order valence-corrected chi connectivity index (χ4v) is 4.63. The Bertz CT molecular complexity index is 494. The highest BCUT2D eigenvalue weighted by molar-refractivity contribution is 8.14. The van der Waals surface area contributed by atoms with Crippen molar-refractivity contribution in [3.63, 3.8) is 0 Å². The second-order valence-electron chi connectivity index (χ2n) is 4.25. The van der Waals surface area contributed by atoms with Gasteiger partial charge in [0.2, 0.25) is 10.0 Å².